The molecule has 2 amide bonds. The number of amides is 2. The lowest BCUT2D eigenvalue weighted by Gasteiger charge is -2.19. The van der Waals surface area contributed by atoms with Crippen molar-refractivity contribution in [1.29, 1.82) is 0 Å². The number of benzene rings is 3. The first-order chi connectivity index (χ1) is 15.7. The van der Waals surface area contributed by atoms with Crippen molar-refractivity contribution in [1.82, 2.24) is 10.6 Å². The molecule has 0 fully saturated rings. The van der Waals surface area contributed by atoms with E-state index < -0.39 is 12.1 Å². The molecule has 0 heterocycles. The lowest BCUT2D eigenvalue weighted by atomic mass is 9.98. The third-order valence-electron chi connectivity index (χ3n) is 5.72. The largest absolute Gasteiger partial charge is 0.449 e. The second-order valence-electron chi connectivity index (χ2n) is 7.80. The van der Waals surface area contributed by atoms with Crippen molar-refractivity contribution in [3.05, 3.63) is 95.6 Å². The van der Waals surface area contributed by atoms with E-state index in [9.17, 15) is 9.59 Å². The molecule has 0 saturated heterocycles. The second kappa shape index (κ2) is 10.1. The highest BCUT2D eigenvalue weighted by Crippen LogP contribution is 2.44. The zero-order valence-corrected chi connectivity index (χ0v) is 17.8. The van der Waals surface area contributed by atoms with Crippen LogP contribution in [0.25, 0.3) is 11.1 Å². The van der Waals surface area contributed by atoms with Crippen LogP contribution in [0.2, 0.25) is 0 Å². The summed E-state index contributed by atoms with van der Waals surface area (Å²) < 4.78 is 5.56. The smallest absolute Gasteiger partial charge is 0.407 e. The molecule has 164 valence electrons. The number of carbonyl (C=O) groups is 2. The maximum atomic E-state index is 12.6. The minimum Gasteiger partial charge on any atom is -0.449 e. The van der Waals surface area contributed by atoms with Crippen molar-refractivity contribution in [3.8, 4) is 11.1 Å². The summed E-state index contributed by atoms with van der Waals surface area (Å²) in [5.41, 5.74) is 11.2. The first kappa shape index (κ1) is 21.6. The zero-order valence-electron chi connectivity index (χ0n) is 17.8. The summed E-state index contributed by atoms with van der Waals surface area (Å²) in [6.45, 7) is 0.848. The molecule has 0 spiro atoms. The van der Waals surface area contributed by atoms with Crippen LogP contribution >= 0.6 is 0 Å². The van der Waals surface area contributed by atoms with Crippen LogP contribution in [0.3, 0.4) is 0 Å². The van der Waals surface area contributed by atoms with Crippen LogP contribution in [0.5, 0.6) is 0 Å². The van der Waals surface area contributed by atoms with Gasteiger partial charge in [-0.3, -0.25) is 4.79 Å². The monoisotopic (exact) mass is 429 g/mol. The van der Waals surface area contributed by atoms with Crippen LogP contribution in [0.4, 0.5) is 4.79 Å². The number of nitrogens with one attached hydrogen (secondary N) is 2. The number of ether oxygens (including phenoxy) is 1. The maximum Gasteiger partial charge on any atom is 0.407 e. The van der Waals surface area contributed by atoms with Gasteiger partial charge in [-0.1, -0.05) is 78.9 Å². The number of carbonyl (C=O) groups excluding carboxylic acids is 2. The molecule has 3 aromatic carbocycles. The lowest BCUT2D eigenvalue weighted by Crippen LogP contribution is -2.47. The van der Waals surface area contributed by atoms with Crippen LogP contribution in [0.1, 0.15) is 29.0 Å². The van der Waals surface area contributed by atoms with Gasteiger partial charge in [0.1, 0.15) is 12.6 Å². The fraction of sp³-hybridized carbons (Fsp3) is 0.231. The summed E-state index contributed by atoms with van der Waals surface area (Å²) in [5.74, 6) is -0.319. The quantitative estimate of drug-likeness (QED) is 0.510. The third-order valence-corrected chi connectivity index (χ3v) is 5.72. The summed E-state index contributed by atoms with van der Waals surface area (Å²) >= 11 is 0. The first-order valence-corrected chi connectivity index (χ1v) is 10.8. The Morgan fingerprint density at radius 1 is 0.875 bits per heavy atom. The number of fused-ring (bicyclic) bond motifs is 3. The van der Waals surface area contributed by atoms with Crippen LogP contribution in [-0.4, -0.2) is 31.2 Å². The maximum absolute atomic E-state index is 12.6. The Labute approximate surface area is 187 Å². The van der Waals surface area contributed by atoms with E-state index in [-0.39, 0.29) is 25.0 Å². The number of rotatable bonds is 8. The molecule has 0 bridgehead atoms. The molecule has 4 rings (SSSR count). The lowest BCUT2D eigenvalue weighted by molar-refractivity contribution is -0.123. The van der Waals surface area contributed by atoms with E-state index in [2.05, 4.69) is 34.9 Å². The predicted molar refractivity (Wildman–Crippen MR) is 124 cm³/mol. The average molecular weight is 430 g/mol. The van der Waals surface area contributed by atoms with Crippen molar-refractivity contribution in [3.63, 3.8) is 0 Å². The summed E-state index contributed by atoms with van der Waals surface area (Å²) in [4.78, 5) is 25.1. The highest BCUT2D eigenvalue weighted by Gasteiger charge is 2.29. The molecular formula is C26H27N3O3. The van der Waals surface area contributed by atoms with E-state index in [0.717, 1.165) is 16.7 Å². The molecule has 0 saturated carbocycles. The molecule has 0 aromatic heterocycles. The number of alkyl carbamates (subject to hydrolysis) is 1. The Morgan fingerprint density at radius 3 is 2.09 bits per heavy atom. The highest BCUT2D eigenvalue weighted by atomic mass is 16.5. The van der Waals surface area contributed by atoms with Crippen molar-refractivity contribution in [2.75, 3.05) is 13.2 Å². The molecule has 0 radical (unpaired) electrons. The van der Waals surface area contributed by atoms with Crippen molar-refractivity contribution in [2.45, 2.75) is 24.9 Å². The van der Waals surface area contributed by atoms with Crippen molar-refractivity contribution >= 4 is 12.0 Å². The number of hydrogen-bond acceptors (Lipinski definition) is 4. The molecule has 1 aliphatic carbocycles. The van der Waals surface area contributed by atoms with Gasteiger partial charge < -0.3 is 21.1 Å². The summed E-state index contributed by atoms with van der Waals surface area (Å²) in [6.07, 6.45) is -0.301. The van der Waals surface area contributed by atoms with Gasteiger partial charge in [-0.25, -0.2) is 4.79 Å². The summed E-state index contributed by atoms with van der Waals surface area (Å²) in [6, 6.07) is 25.2. The SMILES string of the molecule is NCCC(NC(=O)OCC1c2ccccc2-c2ccccc21)C(=O)NCc1ccccc1. The highest BCUT2D eigenvalue weighted by molar-refractivity contribution is 5.85. The first-order valence-electron chi connectivity index (χ1n) is 10.8. The Balaban J connectivity index is 1.36. The molecule has 6 heteroatoms. The van der Waals surface area contributed by atoms with Gasteiger partial charge in [0.15, 0.2) is 0 Å². The Kier molecular flexibility index (Phi) is 6.82. The average Bonchev–Trinajstić information content (AvgIpc) is 3.15. The van der Waals surface area contributed by atoms with Crippen LogP contribution in [0, 0.1) is 0 Å². The van der Waals surface area contributed by atoms with E-state index in [1.165, 1.54) is 11.1 Å². The van der Waals surface area contributed by atoms with E-state index >= 15 is 0 Å². The number of nitrogens with two attached hydrogens (primary N) is 1. The van der Waals surface area contributed by atoms with Gasteiger partial charge >= 0.3 is 6.09 Å². The zero-order chi connectivity index (χ0) is 22.3. The Morgan fingerprint density at radius 2 is 1.47 bits per heavy atom. The van der Waals surface area contributed by atoms with E-state index in [1.54, 1.807) is 0 Å². The summed E-state index contributed by atoms with van der Waals surface area (Å²) in [7, 11) is 0. The molecular weight excluding hydrogens is 402 g/mol. The third kappa shape index (κ3) is 4.81. The topological polar surface area (TPSA) is 93.4 Å². The predicted octanol–water partition coefficient (Wildman–Crippen LogP) is 3.56. The molecule has 6 nitrogen and oxygen atoms in total. The van der Waals surface area contributed by atoms with Gasteiger partial charge in [-0.15, -0.1) is 0 Å². The van der Waals surface area contributed by atoms with Gasteiger partial charge in [0.2, 0.25) is 5.91 Å². The standard InChI is InChI=1S/C26H27N3O3/c27-15-14-24(25(30)28-16-18-8-2-1-3-9-18)29-26(31)32-17-23-21-12-6-4-10-19(21)20-11-5-7-13-22(20)23/h1-13,23-24H,14-17,27H2,(H,28,30)(H,29,31). The van der Waals surface area contributed by atoms with Crippen molar-refractivity contribution < 1.29 is 14.3 Å². The van der Waals surface area contributed by atoms with E-state index in [1.807, 2.05) is 54.6 Å². The normalized spacial score (nSPS) is 13.0. The van der Waals surface area contributed by atoms with Crippen molar-refractivity contribution in [2.24, 2.45) is 5.73 Å². The molecule has 1 aliphatic rings. The fourth-order valence-corrected chi connectivity index (χ4v) is 4.13. The van der Waals surface area contributed by atoms with Crippen LogP contribution < -0.4 is 16.4 Å². The Hall–Kier alpha value is -3.64. The van der Waals surface area contributed by atoms with E-state index in [4.69, 9.17) is 10.5 Å². The van der Waals surface area contributed by atoms with Gasteiger partial charge in [0, 0.05) is 12.5 Å². The van der Waals surface area contributed by atoms with Gasteiger partial charge in [-0.05, 0) is 40.8 Å². The van der Waals surface area contributed by atoms with Gasteiger partial charge in [0.05, 0.1) is 0 Å². The molecule has 1 atom stereocenters. The number of hydrogen-bond donors (Lipinski definition) is 3. The minimum absolute atomic E-state index is 0.0342. The van der Waals surface area contributed by atoms with Crippen LogP contribution in [-0.2, 0) is 16.1 Å². The molecule has 3 aromatic rings. The molecule has 32 heavy (non-hydrogen) atoms. The van der Waals surface area contributed by atoms with Gasteiger partial charge in [0.25, 0.3) is 0 Å². The van der Waals surface area contributed by atoms with Gasteiger partial charge in [-0.2, -0.15) is 0 Å². The molecule has 1 unspecified atom stereocenters. The van der Waals surface area contributed by atoms with Crippen LogP contribution in [0.15, 0.2) is 78.9 Å². The molecule has 4 N–H and O–H groups in total. The second-order valence-corrected chi connectivity index (χ2v) is 7.80. The molecule has 0 aliphatic heterocycles. The Bertz CT molecular complexity index is 1040. The van der Waals surface area contributed by atoms with E-state index in [0.29, 0.717) is 13.0 Å². The minimum atomic E-state index is -0.751. The fourth-order valence-electron chi connectivity index (χ4n) is 4.13. The summed E-state index contributed by atoms with van der Waals surface area (Å²) in [5, 5.41) is 5.52.